The molecule has 2 aromatic carbocycles. The maximum atomic E-state index is 12.8. The molecule has 0 fully saturated rings. The molecule has 1 aromatic heterocycles. The van der Waals surface area contributed by atoms with Crippen molar-refractivity contribution in [2.45, 2.75) is 26.7 Å². The fraction of sp³-hybridized carbons (Fsp3) is 0.263. The van der Waals surface area contributed by atoms with E-state index >= 15 is 0 Å². The van der Waals surface area contributed by atoms with E-state index < -0.39 is 5.76 Å². The quantitative estimate of drug-likeness (QED) is 0.766. The van der Waals surface area contributed by atoms with Gasteiger partial charge in [0, 0.05) is 5.69 Å². The number of hydrogen-bond donors (Lipinski definition) is 2. The van der Waals surface area contributed by atoms with Crippen molar-refractivity contribution in [2.24, 2.45) is 5.92 Å². The van der Waals surface area contributed by atoms with Crippen LogP contribution in [0.2, 0.25) is 0 Å². The maximum Gasteiger partial charge on any atom is 0.417 e. The molecule has 0 spiro atoms. The minimum atomic E-state index is -0.506. The molecule has 24 heavy (non-hydrogen) atoms. The third kappa shape index (κ3) is 3.25. The van der Waals surface area contributed by atoms with Gasteiger partial charge in [-0.25, -0.2) is 4.79 Å². The first kappa shape index (κ1) is 16.1. The van der Waals surface area contributed by atoms with Crippen molar-refractivity contribution in [2.75, 3.05) is 5.32 Å². The second-order valence-electron chi connectivity index (χ2n) is 6.35. The molecule has 0 saturated heterocycles. The van der Waals surface area contributed by atoms with Crippen molar-refractivity contribution in [1.82, 2.24) is 4.98 Å². The van der Waals surface area contributed by atoms with E-state index in [9.17, 15) is 9.59 Å². The molecular weight excluding hydrogens is 304 g/mol. The molecule has 124 valence electrons. The van der Waals surface area contributed by atoms with E-state index in [1.54, 1.807) is 18.2 Å². The number of amides is 1. The van der Waals surface area contributed by atoms with Crippen molar-refractivity contribution in [1.29, 1.82) is 0 Å². The summed E-state index contributed by atoms with van der Waals surface area (Å²) < 4.78 is 4.97. The molecule has 2 N–H and O–H groups in total. The molecule has 5 heteroatoms. The number of benzene rings is 2. The highest BCUT2D eigenvalue weighted by atomic mass is 16.4. The van der Waals surface area contributed by atoms with Crippen LogP contribution >= 0.6 is 0 Å². The number of aromatic amines is 1. The average Bonchev–Trinajstić information content (AvgIpc) is 2.88. The highest BCUT2D eigenvalue weighted by Crippen LogP contribution is 2.27. The van der Waals surface area contributed by atoms with Crippen molar-refractivity contribution in [3.8, 4) is 0 Å². The van der Waals surface area contributed by atoms with Gasteiger partial charge in [0.25, 0.3) is 0 Å². The lowest BCUT2D eigenvalue weighted by atomic mass is 9.87. The van der Waals surface area contributed by atoms with E-state index in [1.165, 1.54) is 0 Å². The van der Waals surface area contributed by atoms with Crippen LogP contribution < -0.4 is 11.1 Å². The van der Waals surface area contributed by atoms with E-state index in [-0.39, 0.29) is 17.7 Å². The number of anilines is 1. The Bertz CT molecular complexity index is 920. The molecule has 1 atom stereocenters. The van der Waals surface area contributed by atoms with Gasteiger partial charge in [-0.05, 0) is 36.6 Å². The molecular formula is C19H20N2O3. The summed E-state index contributed by atoms with van der Waals surface area (Å²) in [6.07, 6.45) is 0. The Hall–Kier alpha value is -2.82. The fourth-order valence-electron chi connectivity index (χ4n) is 2.86. The van der Waals surface area contributed by atoms with Gasteiger partial charge in [-0.1, -0.05) is 43.7 Å². The number of aryl methyl sites for hydroxylation is 1. The number of carbonyl (C=O) groups excluding carboxylic acids is 1. The number of rotatable bonds is 4. The molecule has 3 rings (SSSR count). The third-order valence-corrected chi connectivity index (χ3v) is 4.07. The van der Waals surface area contributed by atoms with Crippen LogP contribution in [0.1, 0.15) is 30.9 Å². The molecule has 1 amide bonds. The number of H-pyrrole nitrogens is 1. The van der Waals surface area contributed by atoms with E-state index in [0.717, 1.165) is 11.1 Å². The van der Waals surface area contributed by atoms with E-state index in [1.807, 2.05) is 45.0 Å². The van der Waals surface area contributed by atoms with Crippen LogP contribution in [0, 0.1) is 12.8 Å². The Morgan fingerprint density at radius 1 is 1.12 bits per heavy atom. The van der Waals surface area contributed by atoms with Gasteiger partial charge in [0.15, 0.2) is 5.58 Å². The standard InChI is InChI=1S/C19H20N2O3/c1-11(2)17(13-6-4-12(3)5-7-13)18(22)20-14-8-9-16-15(10-14)21-19(23)24-16/h4-11,17H,1-3H3,(H,20,22)(H,21,23). The first-order valence-electron chi connectivity index (χ1n) is 7.94. The lowest BCUT2D eigenvalue weighted by Gasteiger charge is -2.21. The summed E-state index contributed by atoms with van der Waals surface area (Å²) in [6.45, 7) is 6.08. The Labute approximate surface area is 139 Å². The Kier molecular flexibility index (Phi) is 4.25. The van der Waals surface area contributed by atoms with E-state index in [2.05, 4.69) is 10.3 Å². The van der Waals surface area contributed by atoms with Gasteiger partial charge < -0.3 is 9.73 Å². The van der Waals surface area contributed by atoms with Crippen molar-refractivity contribution in [3.05, 3.63) is 64.1 Å². The van der Waals surface area contributed by atoms with E-state index in [0.29, 0.717) is 16.8 Å². The fourth-order valence-corrected chi connectivity index (χ4v) is 2.86. The minimum Gasteiger partial charge on any atom is -0.408 e. The molecule has 0 bridgehead atoms. The highest BCUT2D eigenvalue weighted by molar-refractivity contribution is 5.97. The Morgan fingerprint density at radius 3 is 2.50 bits per heavy atom. The first-order valence-corrected chi connectivity index (χ1v) is 7.94. The minimum absolute atomic E-state index is 0.0703. The van der Waals surface area contributed by atoms with Crippen LogP contribution in [-0.4, -0.2) is 10.9 Å². The Morgan fingerprint density at radius 2 is 1.83 bits per heavy atom. The molecule has 0 aliphatic carbocycles. The first-order chi connectivity index (χ1) is 11.4. The van der Waals surface area contributed by atoms with Gasteiger partial charge in [-0.15, -0.1) is 0 Å². The second-order valence-corrected chi connectivity index (χ2v) is 6.35. The normalized spacial score (nSPS) is 12.5. The van der Waals surface area contributed by atoms with Gasteiger partial charge >= 0.3 is 5.76 Å². The topological polar surface area (TPSA) is 75.1 Å². The van der Waals surface area contributed by atoms with Gasteiger partial charge in [-0.2, -0.15) is 0 Å². The summed E-state index contributed by atoms with van der Waals surface area (Å²) in [5.74, 6) is -0.665. The van der Waals surface area contributed by atoms with Gasteiger partial charge in [-0.3, -0.25) is 9.78 Å². The molecule has 0 aliphatic rings. The van der Waals surface area contributed by atoms with Crippen LogP contribution in [0.4, 0.5) is 5.69 Å². The third-order valence-electron chi connectivity index (χ3n) is 4.07. The SMILES string of the molecule is Cc1ccc(C(C(=O)Nc2ccc3oc(=O)[nH]c3c2)C(C)C)cc1. The summed E-state index contributed by atoms with van der Waals surface area (Å²) in [4.78, 5) is 26.6. The molecule has 5 nitrogen and oxygen atoms in total. The summed E-state index contributed by atoms with van der Waals surface area (Å²) >= 11 is 0. The largest absolute Gasteiger partial charge is 0.417 e. The summed E-state index contributed by atoms with van der Waals surface area (Å²) in [6, 6.07) is 13.1. The predicted octanol–water partition coefficient (Wildman–Crippen LogP) is 3.81. The monoisotopic (exact) mass is 324 g/mol. The smallest absolute Gasteiger partial charge is 0.408 e. The van der Waals surface area contributed by atoms with Crippen LogP contribution in [0.5, 0.6) is 0 Å². The highest BCUT2D eigenvalue weighted by Gasteiger charge is 2.24. The van der Waals surface area contributed by atoms with Gasteiger partial charge in [0.05, 0.1) is 11.4 Å². The van der Waals surface area contributed by atoms with Gasteiger partial charge in [0.1, 0.15) is 0 Å². The van der Waals surface area contributed by atoms with Gasteiger partial charge in [0.2, 0.25) is 5.91 Å². The van der Waals surface area contributed by atoms with Crippen LogP contribution in [0.15, 0.2) is 51.7 Å². The van der Waals surface area contributed by atoms with Crippen molar-refractivity contribution in [3.63, 3.8) is 0 Å². The summed E-state index contributed by atoms with van der Waals surface area (Å²) in [5, 5.41) is 2.94. The predicted molar refractivity (Wildman–Crippen MR) is 94.2 cm³/mol. The zero-order valence-corrected chi connectivity index (χ0v) is 13.9. The van der Waals surface area contributed by atoms with Crippen LogP contribution in [0.3, 0.4) is 0 Å². The lowest BCUT2D eigenvalue weighted by Crippen LogP contribution is -2.25. The zero-order valence-electron chi connectivity index (χ0n) is 13.9. The number of aromatic nitrogens is 1. The molecule has 1 heterocycles. The molecule has 1 unspecified atom stereocenters. The second kappa shape index (κ2) is 6.35. The summed E-state index contributed by atoms with van der Waals surface area (Å²) in [7, 11) is 0. The molecule has 0 radical (unpaired) electrons. The number of carbonyl (C=O) groups is 1. The van der Waals surface area contributed by atoms with Crippen molar-refractivity contribution < 1.29 is 9.21 Å². The molecule has 0 aliphatic heterocycles. The lowest BCUT2D eigenvalue weighted by molar-refractivity contribution is -0.118. The van der Waals surface area contributed by atoms with Crippen LogP contribution in [0.25, 0.3) is 11.1 Å². The Balaban J connectivity index is 1.86. The number of oxazole rings is 1. The van der Waals surface area contributed by atoms with E-state index in [4.69, 9.17) is 4.42 Å². The van der Waals surface area contributed by atoms with Crippen molar-refractivity contribution >= 4 is 22.7 Å². The maximum absolute atomic E-state index is 12.8. The number of fused-ring (bicyclic) bond motifs is 1. The number of nitrogens with one attached hydrogen (secondary N) is 2. The zero-order chi connectivity index (χ0) is 17.3. The van der Waals surface area contributed by atoms with Crippen LogP contribution in [-0.2, 0) is 4.79 Å². The molecule has 0 saturated carbocycles. The molecule has 3 aromatic rings. The summed E-state index contributed by atoms with van der Waals surface area (Å²) in [5.41, 5.74) is 3.82. The number of hydrogen-bond acceptors (Lipinski definition) is 3. The average molecular weight is 324 g/mol.